The van der Waals surface area contributed by atoms with E-state index in [0.29, 0.717) is 18.7 Å². The van der Waals surface area contributed by atoms with Gasteiger partial charge in [0, 0.05) is 33.1 Å². The highest BCUT2D eigenvalue weighted by atomic mass is 16.5. The molecule has 0 aromatic heterocycles. The second-order valence-electron chi connectivity index (χ2n) is 4.65. The molecule has 0 heterocycles. The molecule has 0 radical (unpaired) electrons. The molecule has 0 saturated heterocycles. The number of hydrogen-bond donors (Lipinski definition) is 2. The number of phenols is 1. The Bertz CT molecular complexity index is 433. The summed E-state index contributed by atoms with van der Waals surface area (Å²) in [4.78, 5) is 13.0. The van der Waals surface area contributed by atoms with E-state index in [-0.39, 0.29) is 17.7 Å². The summed E-state index contributed by atoms with van der Waals surface area (Å²) in [5.74, 6) is 0.680. The second kappa shape index (κ2) is 6.99. The molecule has 1 amide bonds. The molecule has 5 heteroatoms. The van der Waals surface area contributed by atoms with Gasteiger partial charge in [0.2, 0.25) is 5.91 Å². The van der Waals surface area contributed by atoms with Gasteiger partial charge in [-0.2, -0.15) is 0 Å². The summed E-state index contributed by atoms with van der Waals surface area (Å²) in [5, 5.41) is 12.8. The van der Waals surface area contributed by atoms with Crippen LogP contribution in [0.25, 0.3) is 0 Å². The molecule has 1 unspecified atom stereocenters. The molecule has 0 aliphatic rings. The lowest BCUT2D eigenvalue weighted by molar-refractivity contribution is -0.128. The van der Waals surface area contributed by atoms with Crippen LogP contribution in [0.1, 0.15) is 24.9 Å². The van der Waals surface area contributed by atoms with E-state index in [2.05, 4.69) is 5.32 Å². The molecule has 0 fully saturated rings. The number of hydrogen-bond acceptors (Lipinski definition) is 4. The number of nitrogens with one attached hydrogen (secondary N) is 1. The van der Waals surface area contributed by atoms with Gasteiger partial charge in [-0.1, -0.05) is 6.07 Å². The Hall–Kier alpha value is -1.75. The second-order valence-corrected chi connectivity index (χ2v) is 4.65. The van der Waals surface area contributed by atoms with Crippen LogP contribution in [-0.4, -0.2) is 43.7 Å². The third-order valence-corrected chi connectivity index (χ3v) is 2.99. The third-order valence-electron chi connectivity index (χ3n) is 2.99. The van der Waals surface area contributed by atoms with Crippen molar-refractivity contribution in [3.63, 3.8) is 0 Å². The van der Waals surface area contributed by atoms with Crippen molar-refractivity contribution in [1.29, 1.82) is 0 Å². The molecule has 106 valence electrons. The van der Waals surface area contributed by atoms with E-state index < -0.39 is 0 Å². The van der Waals surface area contributed by atoms with Crippen molar-refractivity contribution in [3.05, 3.63) is 23.8 Å². The quantitative estimate of drug-likeness (QED) is 0.819. The average molecular weight is 266 g/mol. The van der Waals surface area contributed by atoms with E-state index in [1.807, 2.05) is 13.0 Å². The zero-order valence-corrected chi connectivity index (χ0v) is 11.9. The van der Waals surface area contributed by atoms with E-state index in [1.54, 1.807) is 31.1 Å². The largest absolute Gasteiger partial charge is 0.504 e. The smallest absolute Gasteiger partial charge is 0.223 e. The summed E-state index contributed by atoms with van der Waals surface area (Å²) in [6.07, 6.45) is 0.465. The predicted molar refractivity (Wildman–Crippen MR) is 74.4 cm³/mol. The molecular weight excluding hydrogens is 244 g/mol. The standard InChI is InChI=1S/C14H22N2O3/c1-10(15-8-7-14(18)16(2)3)11-5-6-12(17)13(9-11)19-4/h5-6,9-10,15,17H,7-8H2,1-4H3. The first kappa shape index (κ1) is 15.3. The van der Waals surface area contributed by atoms with Crippen LogP contribution in [0.15, 0.2) is 18.2 Å². The van der Waals surface area contributed by atoms with Crippen molar-refractivity contribution >= 4 is 5.91 Å². The topological polar surface area (TPSA) is 61.8 Å². The number of phenolic OH excluding ortho intramolecular Hbond substituents is 1. The molecule has 2 N–H and O–H groups in total. The van der Waals surface area contributed by atoms with Crippen LogP contribution >= 0.6 is 0 Å². The van der Waals surface area contributed by atoms with Gasteiger partial charge in [0.1, 0.15) is 0 Å². The number of carbonyl (C=O) groups excluding carboxylic acids is 1. The Morgan fingerprint density at radius 3 is 2.74 bits per heavy atom. The zero-order chi connectivity index (χ0) is 14.4. The van der Waals surface area contributed by atoms with Crippen LogP contribution in [0.5, 0.6) is 11.5 Å². The van der Waals surface area contributed by atoms with Crippen LogP contribution in [0.4, 0.5) is 0 Å². The maximum atomic E-state index is 11.4. The molecule has 0 saturated carbocycles. The number of amides is 1. The Balaban J connectivity index is 2.54. The van der Waals surface area contributed by atoms with Crippen LogP contribution in [0.2, 0.25) is 0 Å². The van der Waals surface area contributed by atoms with Gasteiger partial charge in [-0.05, 0) is 24.6 Å². The van der Waals surface area contributed by atoms with Gasteiger partial charge >= 0.3 is 0 Å². The molecule has 1 rings (SSSR count). The molecule has 0 spiro atoms. The predicted octanol–water partition coefficient (Wildman–Crippen LogP) is 1.53. The highest BCUT2D eigenvalue weighted by Gasteiger charge is 2.10. The Kier molecular flexibility index (Phi) is 5.63. The van der Waals surface area contributed by atoms with Gasteiger partial charge in [0.25, 0.3) is 0 Å². The molecule has 0 bridgehead atoms. The third kappa shape index (κ3) is 4.44. The summed E-state index contributed by atoms with van der Waals surface area (Å²) in [5.41, 5.74) is 1.01. The van der Waals surface area contributed by atoms with Crippen LogP contribution in [0.3, 0.4) is 0 Å². The SMILES string of the molecule is COc1cc(C(C)NCCC(=O)N(C)C)ccc1O. The Morgan fingerprint density at radius 2 is 2.16 bits per heavy atom. The minimum Gasteiger partial charge on any atom is -0.504 e. The van der Waals surface area contributed by atoms with E-state index in [0.717, 1.165) is 5.56 Å². The fourth-order valence-corrected chi connectivity index (χ4v) is 1.70. The number of ether oxygens (including phenoxy) is 1. The average Bonchev–Trinajstić information content (AvgIpc) is 2.38. The van der Waals surface area contributed by atoms with Gasteiger partial charge in [0.05, 0.1) is 7.11 Å². The molecule has 5 nitrogen and oxygen atoms in total. The van der Waals surface area contributed by atoms with E-state index in [1.165, 1.54) is 7.11 Å². The first-order valence-corrected chi connectivity index (χ1v) is 6.26. The monoisotopic (exact) mass is 266 g/mol. The van der Waals surface area contributed by atoms with Crippen LogP contribution < -0.4 is 10.1 Å². The van der Waals surface area contributed by atoms with Gasteiger partial charge in [-0.3, -0.25) is 4.79 Å². The lowest BCUT2D eigenvalue weighted by Crippen LogP contribution is -2.28. The summed E-state index contributed by atoms with van der Waals surface area (Å²) < 4.78 is 5.07. The molecule has 0 aliphatic carbocycles. The zero-order valence-electron chi connectivity index (χ0n) is 11.9. The summed E-state index contributed by atoms with van der Waals surface area (Å²) in [6.45, 7) is 2.62. The van der Waals surface area contributed by atoms with E-state index in [4.69, 9.17) is 4.74 Å². The summed E-state index contributed by atoms with van der Waals surface area (Å²) in [7, 11) is 5.01. The van der Waals surface area contributed by atoms with Crippen molar-refractivity contribution in [2.45, 2.75) is 19.4 Å². The highest BCUT2D eigenvalue weighted by molar-refractivity contribution is 5.75. The lowest BCUT2D eigenvalue weighted by Gasteiger charge is -2.16. The van der Waals surface area contributed by atoms with Crippen molar-refractivity contribution in [1.82, 2.24) is 10.2 Å². The lowest BCUT2D eigenvalue weighted by atomic mass is 10.1. The Labute approximate surface area is 114 Å². The molecular formula is C14H22N2O3. The summed E-state index contributed by atoms with van der Waals surface area (Å²) in [6, 6.07) is 5.32. The number of carbonyl (C=O) groups is 1. The number of benzene rings is 1. The van der Waals surface area contributed by atoms with Crippen LogP contribution in [0, 0.1) is 0 Å². The molecule has 19 heavy (non-hydrogen) atoms. The first-order chi connectivity index (χ1) is 8.95. The number of rotatable bonds is 6. The molecule has 1 atom stereocenters. The fourth-order valence-electron chi connectivity index (χ4n) is 1.70. The van der Waals surface area contributed by atoms with Crippen LogP contribution in [-0.2, 0) is 4.79 Å². The molecule has 1 aromatic carbocycles. The van der Waals surface area contributed by atoms with Gasteiger partial charge in [-0.15, -0.1) is 0 Å². The first-order valence-electron chi connectivity index (χ1n) is 6.26. The van der Waals surface area contributed by atoms with Crippen molar-refractivity contribution in [2.75, 3.05) is 27.7 Å². The number of methoxy groups -OCH3 is 1. The molecule has 0 aliphatic heterocycles. The minimum absolute atomic E-state index is 0.0875. The Morgan fingerprint density at radius 1 is 1.47 bits per heavy atom. The van der Waals surface area contributed by atoms with Gasteiger partial charge < -0.3 is 20.1 Å². The number of aromatic hydroxyl groups is 1. The van der Waals surface area contributed by atoms with Crippen molar-refractivity contribution in [3.8, 4) is 11.5 Å². The fraction of sp³-hybridized carbons (Fsp3) is 0.500. The maximum absolute atomic E-state index is 11.4. The number of nitrogens with zero attached hydrogens (tertiary/aromatic N) is 1. The summed E-state index contributed by atoms with van der Waals surface area (Å²) >= 11 is 0. The van der Waals surface area contributed by atoms with Gasteiger partial charge in [-0.25, -0.2) is 0 Å². The highest BCUT2D eigenvalue weighted by Crippen LogP contribution is 2.28. The molecule has 1 aromatic rings. The van der Waals surface area contributed by atoms with Crippen molar-refractivity contribution in [2.24, 2.45) is 0 Å². The van der Waals surface area contributed by atoms with E-state index >= 15 is 0 Å². The van der Waals surface area contributed by atoms with E-state index in [9.17, 15) is 9.90 Å². The van der Waals surface area contributed by atoms with Crippen molar-refractivity contribution < 1.29 is 14.6 Å². The maximum Gasteiger partial charge on any atom is 0.223 e. The minimum atomic E-state index is 0.0875. The van der Waals surface area contributed by atoms with Gasteiger partial charge in [0.15, 0.2) is 11.5 Å². The normalized spacial score (nSPS) is 12.0.